The van der Waals surface area contributed by atoms with Crippen LogP contribution in [0.5, 0.6) is 11.5 Å². The number of carbonyl (C=O) groups excluding carboxylic acids is 3. The largest absolute Gasteiger partial charge is 0.486 e. The van der Waals surface area contributed by atoms with Gasteiger partial charge in [-0.15, -0.1) is 11.3 Å². The number of fused-ring (bicyclic) bond motifs is 2. The van der Waals surface area contributed by atoms with Gasteiger partial charge in [-0.2, -0.15) is 0 Å². The third-order valence-corrected chi connectivity index (χ3v) is 6.25. The first kappa shape index (κ1) is 23.2. The van der Waals surface area contributed by atoms with E-state index in [9.17, 15) is 19.2 Å². The number of rotatable bonds is 6. The van der Waals surface area contributed by atoms with Crippen molar-refractivity contribution in [3.8, 4) is 11.5 Å². The molecular formula is C22H22N4O7S. The molecule has 0 atom stereocenters. The standard InChI is InChI=1S/C22H22N4O7S/c1-12-13(2)34-20-19(12)21(29)26(11-23-20)6-5-18(28)33-10-17(27)25-22(30)24-14-3-4-15-16(9-14)32-8-7-31-15/h3-4,9,11H,5-8,10H2,1-2H3,(H2,24,25,27,30). The molecule has 0 radical (unpaired) electrons. The number of aromatic nitrogens is 2. The van der Waals surface area contributed by atoms with Crippen LogP contribution in [-0.2, 0) is 20.9 Å². The fourth-order valence-electron chi connectivity index (χ4n) is 3.31. The topological polar surface area (TPSA) is 138 Å². The average Bonchev–Trinajstić information content (AvgIpc) is 3.11. The molecule has 178 valence electrons. The van der Waals surface area contributed by atoms with E-state index in [0.717, 1.165) is 10.4 Å². The maximum atomic E-state index is 12.6. The van der Waals surface area contributed by atoms with Crippen molar-refractivity contribution < 1.29 is 28.6 Å². The quantitative estimate of drug-likeness (QED) is 0.506. The first-order valence-corrected chi connectivity index (χ1v) is 11.2. The molecule has 1 aliphatic heterocycles. The molecule has 2 N–H and O–H groups in total. The zero-order valence-corrected chi connectivity index (χ0v) is 19.3. The molecule has 0 unspecified atom stereocenters. The van der Waals surface area contributed by atoms with Crippen LogP contribution in [0.1, 0.15) is 16.9 Å². The molecule has 11 nitrogen and oxygen atoms in total. The number of hydrogen-bond donors (Lipinski definition) is 2. The summed E-state index contributed by atoms with van der Waals surface area (Å²) in [5, 5.41) is 5.11. The van der Waals surface area contributed by atoms with Crippen molar-refractivity contribution in [1.29, 1.82) is 0 Å². The number of imide groups is 1. The predicted octanol–water partition coefficient (Wildman–Crippen LogP) is 2.13. The van der Waals surface area contributed by atoms with Gasteiger partial charge in [-0.25, -0.2) is 9.78 Å². The van der Waals surface area contributed by atoms with E-state index in [1.54, 1.807) is 18.2 Å². The van der Waals surface area contributed by atoms with Crippen LogP contribution in [0.15, 0.2) is 29.3 Å². The van der Waals surface area contributed by atoms with Crippen molar-refractivity contribution in [2.75, 3.05) is 25.1 Å². The molecule has 0 saturated heterocycles. The number of amides is 3. The summed E-state index contributed by atoms with van der Waals surface area (Å²) in [5.74, 6) is -0.429. The fraction of sp³-hybridized carbons (Fsp3) is 0.318. The van der Waals surface area contributed by atoms with Crippen LogP contribution >= 0.6 is 11.3 Å². The lowest BCUT2D eigenvalue weighted by atomic mass is 10.2. The van der Waals surface area contributed by atoms with E-state index in [4.69, 9.17) is 14.2 Å². The first-order valence-electron chi connectivity index (χ1n) is 10.4. The highest BCUT2D eigenvalue weighted by molar-refractivity contribution is 7.18. The average molecular weight is 487 g/mol. The van der Waals surface area contributed by atoms with Crippen LogP contribution < -0.4 is 25.7 Å². The number of carbonyl (C=O) groups is 3. The zero-order valence-electron chi connectivity index (χ0n) is 18.5. The molecule has 2 aromatic heterocycles. The molecule has 4 rings (SSSR count). The molecule has 12 heteroatoms. The molecule has 0 bridgehead atoms. The van der Waals surface area contributed by atoms with Crippen molar-refractivity contribution >= 4 is 45.1 Å². The molecule has 0 saturated carbocycles. The van der Waals surface area contributed by atoms with Crippen LogP contribution in [0.25, 0.3) is 10.2 Å². The minimum atomic E-state index is -0.798. The van der Waals surface area contributed by atoms with Crippen molar-refractivity contribution in [2.24, 2.45) is 0 Å². The summed E-state index contributed by atoms with van der Waals surface area (Å²) in [6.45, 7) is 4.05. The van der Waals surface area contributed by atoms with Gasteiger partial charge in [0.25, 0.3) is 11.5 Å². The number of hydrogen-bond acceptors (Lipinski definition) is 9. The van der Waals surface area contributed by atoms with Crippen molar-refractivity contribution in [1.82, 2.24) is 14.9 Å². The lowest BCUT2D eigenvalue weighted by molar-refractivity contribution is -0.148. The SMILES string of the molecule is Cc1sc2ncn(CCC(=O)OCC(=O)NC(=O)Nc3ccc4c(c3)OCCO4)c(=O)c2c1C. The lowest BCUT2D eigenvalue weighted by Crippen LogP contribution is -2.37. The Morgan fingerprint density at radius 1 is 1.18 bits per heavy atom. The molecule has 0 aliphatic carbocycles. The maximum absolute atomic E-state index is 12.6. The van der Waals surface area contributed by atoms with E-state index in [2.05, 4.69) is 15.6 Å². The number of ether oxygens (including phenoxy) is 3. The normalized spacial score (nSPS) is 12.3. The van der Waals surface area contributed by atoms with Gasteiger partial charge in [0, 0.05) is 23.2 Å². The Kier molecular flexibility index (Phi) is 6.77. The minimum absolute atomic E-state index is 0.0567. The van der Waals surface area contributed by atoms with E-state index < -0.39 is 24.5 Å². The van der Waals surface area contributed by atoms with Gasteiger partial charge in [0.15, 0.2) is 18.1 Å². The van der Waals surface area contributed by atoms with Crippen LogP contribution in [0.3, 0.4) is 0 Å². The Labute approximate surface area is 197 Å². The molecule has 1 aliphatic rings. The third kappa shape index (κ3) is 5.17. The van der Waals surface area contributed by atoms with Gasteiger partial charge >= 0.3 is 12.0 Å². The van der Waals surface area contributed by atoms with Gasteiger partial charge < -0.3 is 19.5 Å². The molecule has 3 heterocycles. The fourth-order valence-corrected chi connectivity index (χ4v) is 4.29. The van der Waals surface area contributed by atoms with Gasteiger partial charge in [0.1, 0.15) is 18.0 Å². The smallest absolute Gasteiger partial charge is 0.325 e. The second-order valence-electron chi connectivity index (χ2n) is 7.48. The van der Waals surface area contributed by atoms with E-state index >= 15 is 0 Å². The Balaban J connectivity index is 1.23. The zero-order chi connectivity index (χ0) is 24.2. The van der Waals surface area contributed by atoms with Crippen LogP contribution in [0.4, 0.5) is 10.5 Å². The number of esters is 1. The number of benzene rings is 1. The summed E-state index contributed by atoms with van der Waals surface area (Å²) in [5.41, 5.74) is 1.05. The number of thiophene rings is 1. The Morgan fingerprint density at radius 2 is 1.94 bits per heavy atom. The molecule has 0 spiro atoms. The lowest BCUT2D eigenvalue weighted by Gasteiger charge is -2.19. The van der Waals surface area contributed by atoms with Crippen molar-refractivity contribution in [3.63, 3.8) is 0 Å². The van der Waals surface area contributed by atoms with E-state index in [0.29, 0.717) is 40.6 Å². The third-order valence-electron chi connectivity index (χ3n) is 5.13. The van der Waals surface area contributed by atoms with Crippen molar-refractivity contribution in [3.05, 3.63) is 45.3 Å². The molecule has 3 aromatic rings. The summed E-state index contributed by atoms with van der Waals surface area (Å²) < 4.78 is 17.1. The summed E-state index contributed by atoms with van der Waals surface area (Å²) in [6, 6.07) is 4.04. The van der Waals surface area contributed by atoms with Gasteiger partial charge in [-0.3, -0.25) is 24.3 Å². The second kappa shape index (κ2) is 9.91. The molecule has 34 heavy (non-hydrogen) atoms. The highest BCUT2D eigenvalue weighted by Crippen LogP contribution is 2.32. The van der Waals surface area contributed by atoms with Gasteiger partial charge in [0.2, 0.25) is 0 Å². The van der Waals surface area contributed by atoms with Gasteiger partial charge in [-0.1, -0.05) is 0 Å². The number of aryl methyl sites for hydroxylation is 3. The second-order valence-corrected chi connectivity index (χ2v) is 8.68. The summed E-state index contributed by atoms with van der Waals surface area (Å²) >= 11 is 1.44. The highest BCUT2D eigenvalue weighted by atomic mass is 32.1. The van der Waals surface area contributed by atoms with Crippen LogP contribution in [0, 0.1) is 13.8 Å². The summed E-state index contributed by atoms with van der Waals surface area (Å²) in [6.07, 6.45) is 1.26. The van der Waals surface area contributed by atoms with Gasteiger partial charge in [-0.05, 0) is 31.5 Å². The van der Waals surface area contributed by atoms with E-state index in [1.165, 1.54) is 22.2 Å². The molecule has 0 fully saturated rings. The summed E-state index contributed by atoms with van der Waals surface area (Å²) in [4.78, 5) is 54.6. The molecule has 3 amide bonds. The number of anilines is 1. The van der Waals surface area contributed by atoms with E-state index in [1.807, 2.05) is 13.8 Å². The predicted molar refractivity (Wildman–Crippen MR) is 124 cm³/mol. The highest BCUT2D eigenvalue weighted by Gasteiger charge is 2.16. The van der Waals surface area contributed by atoms with Crippen LogP contribution in [0.2, 0.25) is 0 Å². The number of nitrogens with one attached hydrogen (secondary N) is 2. The summed E-state index contributed by atoms with van der Waals surface area (Å²) in [7, 11) is 0. The maximum Gasteiger partial charge on any atom is 0.325 e. The van der Waals surface area contributed by atoms with Crippen LogP contribution in [-0.4, -0.2) is 47.3 Å². The van der Waals surface area contributed by atoms with Crippen molar-refractivity contribution in [2.45, 2.75) is 26.8 Å². The monoisotopic (exact) mass is 486 g/mol. The van der Waals surface area contributed by atoms with Gasteiger partial charge in [0.05, 0.1) is 18.1 Å². The molecule has 1 aromatic carbocycles. The molecular weight excluding hydrogens is 464 g/mol. The van der Waals surface area contributed by atoms with E-state index in [-0.39, 0.29) is 18.5 Å². The minimum Gasteiger partial charge on any atom is -0.486 e. The first-order chi connectivity index (χ1) is 16.3. The Hall–Kier alpha value is -3.93. The number of urea groups is 1. The Bertz CT molecular complexity index is 1330. The Morgan fingerprint density at radius 3 is 2.74 bits per heavy atom. The number of nitrogens with zero attached hydrogens (tertiary/aromatic N) is 2.